The quantitative estimate of drug-likeness (QED) is 0.748. The minimum atomic E-state index is -0.229. The molecule has 0 saturated carbocycles. The lowest BCUT2D eigenvalue weighted by Gasteiger charge is -2.36. The maximum Gasteiger partial charge on any atom is 0.0600 e. The van der Waals surface area contributed by atoms with Crippen LogP contribution in [-0.4, -0.2) is 24.3 Å². The average Bonchev–Trinajstić information content (AvgIpc) is 2.30. The Morgan fingerprint density at radius 1 is 1.44 bits per heavy atom. The normalized spacial score (nSPS) is 23.1. The molecule has 88 valence electrons. The molecule has 1 aliphatic heterocycles. The second-order valence-corrected chi connectivity index (χ2v) is 4.65. The van der Waals surface area contributed by atoms with Gasteiger partial charge in [-0.3, -0.25) is 0 Å². The van der Waals surface area contributed by atoms with Gasteiger partial charge in [-0.25, -0.2) is 0 Å². The molecular formula is C13H20N2O. The molecule has 3 N–H and O–H groups in total. The zero-order valence-corrected chi connectivity index (χ0v) is 9.76. The lowest BCUT2D eigenvalue weighted by Crippen LogP contribution is -2.39. The summed E-state index contributed by atoms with van der Waals surface area (Å²) in [6.45, 7) is 3.83. The maximum atomic E-state index is 9.65. The molecule has 16 heavy (non-hydrogen) atoms. The number of nitrogens with two attached hydrogens (primary N) is 1. The Bertz CT molecular complexity index is 352. The van der Waals surface area contributed by atoms with Crippen LogP contribution in [-0.2, 0) is 0 Å². The first-order chi connectivity index (χ1) is 7.68. The number of para-hydroxylation sites is 2. The van der Waals surface area contributed by atoms with Gasteiger partial charge >= 0.3 is 0 Å². The molecule has 1 aromatic carbocycles. The number of anilines is 2. The van der Waals surface area contributed by atoms with E-state index >= 15 is 0 Å². The summed E-state index contributed by atoms with van der Waals surface area (Å²) in [5.41, 5.74) is 7.90. The van der Waals surface area contributed by atoms with E-state index in [2.05, 4.69) is 11.0 Å². The predicted octanol–water partition coefficient (Wildman–Crippen LogP) is 1.87. The third-order valence-corrected chi connectivity index (χ3v) is 3.42. The fraction of sp³-hybridized carbons (Fsp3) is 0.538. The van der Waals surface area contributed by atoms with E-state index in [4.69, 9.17) is 5.73 Å². The van der Waals surface area contributed by atoms with Crippen LogP contribution in [0.15, 0.2) is 24.3 Å². The summed E-state index contributed by atoms with van der Waals surface area (Å²) in [6.07, 6.45) is 2.01. The lowest BCUT2D eigenvalue weighted by atomic mass is 9.93. The third kappa shape index (κ3) is 2.30. The van der Waals surface area contributed by atoms with Crippen LogP contribution in [0.1, 0.15) is 19.8 Å². The van der Waals surface area contributed by atoms with Crippen LogP contribution >= 0.6 is 0 Å². The molecule has 0 radical (unpaired) electrons. The molecule has 1 fully saturated rings. The third-order valence-electron chi connectivity index (χ3n) is 3.42. The first kappa shape index (κ1) is 11.3. The molecule has 2 rings (SSSR count). The van der Waals surface area contributed by atoms with Gasteiger partial charge in [0.1, 0.15) is 0 Å². The van der Waals surface area contributed by atoms with Gasteiger partial charge < -0.3 is 15.7 Å². The number of aliphatic hydroxyl groups is 1. The first-order valence-corrected chi connectivity index (χ1v) is 5.96. The van der Waals surface area contributed by atoms with Gasteiger partial charge in [-0.15, -0.1) is 0 Å². The number of nitrogen functional groups attached to an aromatic ring is 1. The predicted molar refractivity (Wildman–Crippen MR) is 67.5 cm³/mol. The zero-order chi connectivity index (χ0) is 11.5. The number of hydrogen-bond donors (Lipinski definition) is 2. The monoisotopic (exact) mass is 220 g/mol. The molecular weight excluding hydrogens is 200 g/mol. The standard InChI is InChI=1S/C13H20N2O/c1-10(16)11-5-4-8-15(9-11)13-7-3-2-6-12(13)14/h2-3,6-7,10-11,16H,4-5,8-9,14H2,1H3. The number of rotatable bonds is 2. The first-order valence-electron chi connectivity index (χ1n) is 5.96. The fourth-order valence-corrected chi connectivity index (χ4v) is 2.40. The van der Waals surface area contributed by atoms with E-state index in [1.165, 1.54) is 0 Å². The molecule has 1 heterocycles. The van der Waals surface area contributed by atoms with Gasteiger partial charge in [0, 0.05) is 19.0 Å². The van der Waals surface area contributed by atoms with Crippen molar-refractivity contribution in [2.75, 3.05) is 23.7 Å². The molecule has 1 aromatic rings. The molecule has 0 aliphatic carbocycles. The van der Waals surface area contributed by atoms with Crippen LogP contribution in [0.4, 0.5) is 11.4 Å². The van der Waals surface area contributed by atoms with Crippen LogP contribution in [0.5, 0.6) is 0 Å². The molecule has 1 aliphatic rings. The summed E-state index contributed by atoms with van der Waals surface area (Å²) in [7, 11) is 0. The number of piperidine rings is 1. The van der Waals surface area contributed by atoms with Crippen molar-refractivity contribution >= 4 is 11.4 Å². The number of hydrogen-bond acceptors (Lipinski definition) is 3. The van der Waals surface area contributed by atoms with Gasteiger partial charge in [-0.05, 0) is 31.9 Å². The van der Waals surface area contributed by atoms with Gasteiger partial charge in [0.25, 0.3) is 0 Å². The number of nitrogens with zero attached hydrogens (tertiary/aromatic N) is 1. The van der Waals surface area contributed by atoms with Crippen molar-refractivity contribution in [3.8, 4) is 0 Å². The topological polar surface area (TPSA) is 49.5 Å². The van der Waals surface area contributed by atoms with Crippen LogP contribution in [0.3, 0.4) is 0 Å². The van der Waals surface area contributed by atoms with E-state index in [9.17, 15) is 5.11 Å². The molecule has 3 nitrogen and oxygen atoms in total. The summed E-state index contributed by atoms with van der Waals surface area (Å²) in [4.78, 5) is 2.29. The molecule has 3 heteroatoms. The lowest BCUT2D eigenvalue weighted by molar-refractivity contribution is 0.115. The molecule has 0 spiro atoms. The van der Waals surface area contributed by atoms with Gasteiger partial charge in [0.2, 0.25) is 0 Å². The smallest absolute Gasteiger partial charge is 0.0600 e. The van der Waals surface area contributed by atoms with E-state index < -0.39 is 0 Å². The molecule has 0 aromatic heterocycles. The molecule has 0 amide bonds. The Morgan fingerprint density at radius 2 is 2.19 bits per heavy atom. The Kier molecular flexibility index (Phi) is 3.34. The largest absolute Gasteiger partial charge is 0.397 e. The average molecular weight is 220 g/mol. The minimum absolute atomic E-state index is 0.229. The van der Waals surface area contributed by atoms with Gasteiger partial charge in [-0.2, -0.15) is 0 Å². The second kappa shape index (κ2) is 4.74. The number of benzene rings is 1. The van der Waals surface area contributed by atoms with Crippen LogP contribution in [0.2, 0.25) is 0 Å². The van der Waals surface area contributed by atoms with E-state index in [1.807, 2.05) is 25.1 Å². The Morgan fingerprint density at radius 3 is 2.88 bits per heavy atom. The van der Waals surface area contributed by atoms with Gasteiger partial charge in [-0.1, -0.05) is 12.1 Å². The Balaban J connectivity index is 2.13. The van der Waals surface area contributed by atoms with E-state index in [0.717, 1.165) is 37.3 Å². The highest BCUT2D eigenvalue weighted by Crippen LogP contribution is 2.28. The summed E-state index contributed by atoms with van der Waals surface area (Å²) in [5, 5.41) is 9.65. The Labute approximate surface area is 96.9 Å². The van der Waals surface area contributed by atoms with Crippen molar-refractivity contribution < 1.29 is 5.11 Å². The van der Waals surface area contributed by atoms with Crippen LogP contribution in [0, 0.1) is 5.92 Å². The molecule has 2 unspecified atom stereocenters. The summed E-state index contributed by atoms with van der Waals surface area (Å²) in [5.74, 6) is 0.369. The fourth-order valence-electron chi connectivity index (χ4n) is 2.40. The minimum Gasteiger partial charge on any atom is -0.397 e. The summed E-state index contributed by atoms with van der Waals surface area (Å²) < 4.78 is 0. The summed E-state index contributed by atoms with van der Waals surface area (Å²) in [6, 6.07) is 7.95. The highest BCUT2D eigenvalue weighted by Gasteiger charge is 2.24. The number of aliphatic hydroxyl groups excluding tert-OH is 1. The molecule has 0 bridgehead atoms. The van der Waals surface area contributed by atoms with E-state index in [0.29, 0.717) is 5.92 Å². The van der Waals surface area contributed by atoms with Crippen molar-refractivity contribution in [3.63, 3.8) is 0 Å². The summed E-state index contributed by atoms with van der Waals surface area (Å²) >= 11 is 0. The van der Waals surface area contributed by atoms with Crippen molar-refractivity contribution in [1.82, 2.24) is 0 Å². The van der Waals surface area contributed by atoms with Crippen molar-refractivity contribution in [2.24, 2.45) is 5.92 Å². The second-order valence-electron chi connectivity index (χ2n) is 4.65. The molecule has 2 atom stereocenters. The van der Waals surface area contributed by atoms with Crippen molar-refractivity contribution in [2.45, 2.75) is 25.9 Å². The van der Waals surface area contributed by atoms with Gasteiger partial charge in [0.15, 0.2) is 0 Å². The van der Waals surface area contributed by atoms with Crippen molar-refractivity contribution in [3.05, 3.63) is 24.3 Å². The highest BCUT2D eigenvalue weighted by atomic mass is 16.3. The molecule has 1 saturated heterocycles. The van der Waals surface area contributed by atoms with Crippen LogP contribution in [0.25, 0.3) is 0 Å². The Hall–Kier alpha value is -1.22. The SMILES string of the molecule is CC(O)C1CCCN(c2ccccc2N)C1. The van der Waals surface area contributed by atoms with Crippen molar-refractivity contribution in [1.29, 1.82) is 0 Å². The van der Waals surface area contributed by atoms with E-state index in [-0.39, 0.29) is 6.10 Å². The highest BCUT2D eigenvalue weighted by molar-refractivity contribution is 5.67. The maximum absolute atomic E-state index is 9.65. The van der Waals surface area contributed by atoms with E-state index in [1.54, 1.807) is 0 Å². The van der Waals surface area contributed by atoms with Gasteiger partial charge in [0.05, 0.1) is 17.5 Å². The van der Waals surface area contributed by atoms with Crippen LogP contribution < -0.4 is 10.6 Å². The zero-order valence-electron chi connectivity index (χ0n) is 9.76.